The van der Waals surface area contributed by atoms with E-state index in [4.69, 9.17) is 9.47 Å². The minimum Gasteiger partial charge on any atom is -0.422 e. The lowest BCUT2D eigenvalue weighted by Gasteiger charge is -2.22. The Kier molecular flexibility index (Phi) is 7.88. The zero-order valence-corrected chi connectivity index (χ0v) is 18.2. The van der Waals surface area contributed by atoms with Crippen LogP contribution in [0.2, 0.25) is 0 Å². The molecule has 3 rings (SSSR count). The van der Waals surface area contributed by atoms with Crippen molar-refractivity contribution >= 4 is 16.9 Å². The van der Waals surface area contributed by atoms with Crippen LogP contribution in [-0.4, -0.2) is 80.8 Å². The van der Waals surface area contributed by atoms with E-state index in [9.17, 15) is 30.3 Å². The lowest BCUT2D eigenvalue weighted by atomic mass is 9.97. The first-order valence-electron chi connectivity index (χ1n) is 10.7. The molecule has 1 aliphatic rings. The first kappa shape index (κ1) is 24.6. The Morgan fingerprint density at radius 2 is 2.06 bits per heavy atom. The van der Waals surface area contributed by atoms with Gasteiger partial charge in [0.1, 0.15) is 12.2 Å². The molecule has 0 unspecified atom stereocenters. The predicted molar refractivity (Wildman–Crippen MR) is 115 cm³/mol. The van der Waals surface area contributed by atoms with Gasteiger partial charge in [0.2, 0.25) is 5.79 Å². The Balaban J connectivity index is 1.80. The molecule has 10 nitrogen and oxygen atoms in total. The molecule has 0 amide bonds. The number of ether oxygens (including phenoxy) is 2. The number of esters is 1. The van der Waals surface area contributed by atoms with Gasteiger partial charge in [0.25, 0.3) is 0 Å². The molecule has 1 aromatic heterocycles. The molecule has 32 heavy (non-hydrogen) atoms. The maximum absolute atomic E-state index is 12.7. The molecule has 0 radical (unpaired) electrons. The van der Waals surface area contributed by atoms with Crippen LogP contribution in [0.1, 0.15) is 31.0 Å². The second-order valence-electron chi connectivity index (χ2n) is 8.40. The molecule has 2 aromatic rings. The minimum atomic E-state index is -2.47. The Bertz CT molecular complexity index is 932. The number of fused-ring (bicyclic) bond motifs is 1. The summed E-state index contributed by atoms with van der Waals surface area (Å²) in [5, 5.41) is 52.6. The van der Waals surface area contributed by atoms with Gasteiger partial charge in [-0.2, -0.15) is 0 Å². The van der Waals surface area contributed by atoms with Crippen molar-refractivity contribution in [1.29, 1.82) is 0 Å². The number of rotatable bonds is 10. The lowest BCUT2D eigenvalue weighted by Crippen LogP contribution is -2.46. The van der Waals surface area contributed by atoms with E-state index in [1.54, 1.807) is 0 Å². The van der Waals surface area contributed by atoms with Crippen LogP contribution in [0.3, 0.4) is 0 Å². The molecule has 0 saturated carbocycles. The highest BCUT2D eigenvalue weighted by Crippen LogP contribution is 2.34. The number of aromatic amines is 1. The standard InChI is InChI=1S/C22H32N2O8/c1-12(7-8-23-2)3-4-13-5-6-15-14(9-13)18(16(10-25)24-15)31-21(29)19-17(27)20(28)22(30,11-26)32-19/h5-6,9,12,17,19-20,23-28,30H,3-4,7-8,10-11H2,1-2H3/t12-,17+,19-,20-,22+/m1/s1. The van der Waals surface area contributed by atoms with E-state index in [1.165, 1.54) is 0 Å². The minimum absolute atomic E-state index is 0.0855. The van der Waals surface area contributed by atoms with Crippen LogP contribution in [0, 0.1) is 5.92 Å². The van der Waals surface area contributed by atoms with Crippen molar-refractivity contribution in [2.24, 2.45) is 5.92 Å². The molecule has 0 bridgehead atoms. The van der Waals surface area contributed by atoms with Gasteiger partial charge in [-0.15, -0.1) is 0 Å². The summed E-state index contributed by atoms with van der Waals surface area (Å²) in [4.78, 5) is 15.7. The molecule has 10 heteroatoms. The van der Waals surface area contributed by atoms with E-state index in [0.717, 1.165) is 31.4 Å². The van der Waals surface area contributed by atoms with E-state index in [-0.39, 0.29) is 11.4 Å². The van der Waals surface area contributed by atoms with Gasteiger partial charge in [0, 0.05) is 10.9 Å². The molecule has 1 aromatic carbocycles. The number of hydrogen-bond acceptors (Lipinski definition) is 9. The number of aromatic nitrogens is 1. The average molecular weight is 453 g/mol. The number of nitrogens with one attached hydrogen (secondary N) is 2. The fourth-order valence-corrected chi connectivity index (χ4v) is 3.87. The maximum atomic E-state index is 12.7. The van der Waals surface area contributed by atoms with Crippen LogP contribution in [0.5, 0.6) is 5.75 Å². The molecule has 5 atom stereocenters. The number of H-pyrrole nitrogens is 1. The second kappa shape index (κ2) is 10.3. The monoisotopic (exact) mass is 452 g/mol. The average Bonchev–Trinajstić information content (AvgIpc) is 3.26. The molecule has 1 aliphatic heterocycles. The zero-order chi connectivity index (χ0) is 23.5. The van der Waals surface area contributed by atoms with Crippen LogP contribution >= 0.6 is 0 Å². The first-order chi connectivity index (χ1) is 15.2. The molecular formula is C22H32N2O8. The van der Waals surface area contributed by atoms with Gasteiger partial charge in [0.05, 0.1) is 18.9 Å². The lowest BCUT2D eigenvalue weighted by molar-refractivity contribution is -0.246. The molecule has 1 saturated heterocycles. The first-order valence-corrected chi connectivity index (χ1v) is 10.7. The van der Waals surface area contributed by atoms with E-state index in [1.807, 2.05) is 25.2 Å². The van der Waals surface area contributed by atoms with Gasteiger partial charge < -0.3 is 45.3 Å². The normalized spacial score (nSPS) is 26.5. The topological polar surface area (TPSA) is 164 Å². The highest BCUT2D eigenvalue weighted by Gasteiger charge is 2.56. The van der Waals surface area contributed by atoms with E-state index >= 15 is 0 Å². The molecular weight excluding hydrogens is 420 g/mol. The highest BCUT2D eigenvalue weighted by atomic mass is 16.7. The summed E-state index contributed by atoms with van der Waals surface area (Å²) >= 11 is 0. The summed E-state index contributed by atoms with van der Waals surface area (Å²) in [5.41, 5.74) is 1.96. The van der Waals surface area contributed by atoms with Gasteiger partial charge in [-0.25, -0.2) is 4.79 Å². The van der Waals surface area contributed by atoms with E-state index < -0.39 is 43.3 Å². The van der Waals surface area contributed by atoms with Crippen LogP contribution in [-0.2, 0) is 22.6 Å². The number of aliphatic hydroxyl groups is 5. The quantitative estimate of drug-likeness (QED) is 0.236. The zero-order valence-electron chi connectivity index (χ0n) is 18.2. The fraction of sp³-hybridized carbons (Fsp3) is 0.591. The maximum Gasteiger partial charge on any atom is 0.343 e. The summed E-state index contributed by atoms with van der Waals surface area (Å²) in [6.45, 7) is 1.70. The number of carbonyl (C=O) groups is 1. The Hall–Kier alpha value is -2.05. The van der Waals surface area contributed by atoms with Gasteiger partial charge in [-0.3, -0.25) is 0 Å². The summed E-state index contributed by atoms with van der Waals surface area (Å²) < 4.78 is 10.4. The SMILES string of the molecule is CNCC[C@H](C)CCc1ccc2[nH]c(CO)c(OC(=O)[C@@H]3O[C@@](O)(CO)[C@H](O)[C@H]3O)c2c1. The van der Waals surface area contributed by atoms with Gasteiger partial charge in [-0.05, 0) is 56.5 Å². The van der Waals surface area contributed by atoms with Crippen molar-refractivity contribution in [3.8, 4) is 5.75 Å². The number of hydrogen-bond donors (Lipinski definition) is 7. The number of benzene rings is 1. The number of aryl methyl sites for hydroxylation is 1. The molecule has 7 N–H and O–H groups in total. The third-order valence-corrected chi connectivity index (χ3v) is 5.95. The molecule has 2 heterocycles. The van der Waals surface area contributed by atoms with E-state index in [2.05, 4.69) is 17.2 Å². The van der Waals surface area contributed by atoms with Crippen LogP contribution in [0.4, 0.5) is 0 Å². The Labute approximate surface area is 185 Å². The molecule has 0 aliphatic carbocycles. The Morgan fingerprint density at radius 3 is 2.69 bits per heavy atom. The van der Waals surface area contributed by atoms with Gasteiger partial charge >= 0.3 is 5.97 Å². The van der Waals surface area contributed by atoms with Crippen molar-refractivity contribution < 1.29 is 39.8 Å². The fourth-order valence-electron chi connectivity index (χ4n) is 3.87. The molecule has 178 valence electrons. The summed E-state index contributed by atoms with van der Waals surface area (Å²) in [7, 11) is 1.93. The molecule has 0 spiro atoms. The summed E-state index contributed by atoms with van der Waals surface area (Å²) in [6.07, 6.45) is -2.52. The van der Waals surface area contributed by atoms with Crippen LogP contribution in [0.25, 0.3) is 10.9 Å². The van der Waals surface area contributed by atoms with Crippen molar-refractivity contribution in [3.05, 3.63) is 29.5 Å². The van der Waals surface area contributed by atoms with Crippen molar-refractivity contribution in [2.45, 2.75) is 56.9 Å². The van der Waals surface area contributed by atoms with Crippen LogP contribution in [0.15, 0.2) is 18.2 Å². The van der Waals surface area contributed by atoms with Crippen molar-refractivity contribution in [3.63, 3.8) is 0 Å². The molecule has 1 fully saturated rings. The third-order valence-electron chi connectivity index (χ3n) is 5.95. The van der Waals surface area contributed by atoms with Crippen molar-refractivity contribution in [1.82, 2.24) is 10.3 Å². The van der Waals surface area contributed by atoms with E-state index in [0.29, 0.717) is 16.8 Å². The smallest absolute Gasteiger partial charge is 0.343 e. The number of aliphatic hydroxyl groups excluding tert-OH is 4. The predicted octanol–water partition coefficient (Wildman–Crippen LogP) is -0.455. The highest BCUT2D eigenvalue weighted by molar-refractivity contribution is 5.91. The third kappa shape index (κ3) is 4.96. The number of carbonyl (C=O) groups excluding carboxylic acids is 1. The summed E-state index contributed by atoms with van der Waals surface area (Å²) in [5.74, 6) is -2.92. The summed E-state index contributed by atoms with van der Waals surface area (Å²) in [6, 6.07) is 5.69. The van der Waals surface area contributed by atoms with Gasteiger partial charge in [-0.1, -0.05) is 13.0 Å². The van der Waals surface area contributed by atoms with Crippen molar-refractivity contribution in [2.75, 3.05) is 20.2 Å². The Morgan fingerprint density at radius 1 is 1.31 bits per heavy atom. The van der Waals surface area contributed by atoms with Gasteiger partial charge in [0.15, 0.2) is 11.9 Å². The second-order valence-corrected chi connectivity index (χ2v) is 8.40. The van der Waals surface area contributed by atoms with Crippen LogP contribution < -0.4 is 10.1 Å². The largest absolute Gasteiger partial charge is 0.422 e.